The van der Waals surface area contributed by atoms with E-state index >= 15 is 0 Å². The summed E-state index contributed by atoms with van der Waals surface area (Å²) >= 11 is 0. The fourth-order valence-electron chi connectivity index (χ4n) is 2.38. The van der Waals surface area contributed by atoms with Crippen molar-refractivity contribution in [3.8, 4) is 5.75 Å². The molecule has 0 atom stereocenters. The van der Waals surface area contributed by atoms with Crippen molar-refractivity contribution in [3.05, 3.63) is 28.8 Å². The Balaban J connectivity index is 3.38. The molecular weight excluding hydrogens is 252 g/mol. The highest BCUT2D eigenvalue weighted by Crippen LogP contribution is 2.37. The number of carboxylic acids is 1. The highest BCUT2D eigenvalue weighted by Gasteiger charge is 2.24. The first-order chi connectivity index (χ1) is 8.93. The third-order valence-corrected chi connectivity index (χ3v) is 3.45. The summed E-state index contributed by atoms with van der Waals surface area (Å²) in [6.07, 6.45) is 0.600. The van der Waals surface area contributed by atoms with Crippen LogP contribution in [0.15, 0.2) is 12.1 Å². The van der Waals surface area contributed by atoms with Gasteiger partial charge in [0, 0.05) is 6.42 Å². The van der Waals surface area contributed by atoms with Gasteiger partial charge in [0.15, 0.2) is 0 Å². The molecule has 0 amide bonds. The molecule has 1 aromatic carbocycles. The van der Waals surface area contributed by atoms with Gasteiger partial charge < -0.3 is 10.2 Å². The van der Waals surface area contributed by atoms with Gasteiger partial charge in [-0.1, -0.05) is 47.6 Å². The fraction of sp³-hybridized carbons (Fsp3) is 0.588. The summed E-state index contributed by atoms with van der Waals surface area (Å²) in [6.45, 7) is 12.3. The normalized spacial score (nSPS) is 12.5. The van der Waals surface area contributed by atoms with Crippen LogP contribution in [-0.4, -0.2) is 16.2 Å². The van der Waals surface area contributed by atoms with Gasteiger partial charge in [0.2, 0.25) is 0 Å². The summed E-state index contributed by atoms with van der Waals surface area (Å²) in [5.74, 6) is -0.503. The molecule has 0 aliphatic rings. The zero-order valence-electron chi connectivity index (χ0n) is 13.4. The summed E-state index contributed by atoms with van der Waals surface area (Å²) in [4.78, 5) is 10.8. The largest absolute Gasteiger partial charge is 0.508 e. The van der Waals surface area contributed by atoms with Crippen LogP contribution in [0, 0.1) is 0 Å². The van der Waals surface area contributed by atoms with E-state index in [-0.39, 0.29) is 17.3 Å². The first-order valence-corrected chi connectivity index (χ1v) is 7.01. The number of rotatable bonds is 3. The topological polar surface area (TPSA) is 57.5 Å². The molecule has 112 valence electrons. The second-order valence-electron chi connectivity index (χ2n) is 7.42. The average Bonchev–Trinajstić information content (AvgIpc) is 2.23. The predicted octanol–water partition coefficient (Wildman–Crippen LogP) is 4.00. The molecule has 0 fully saturated rings. The van der Waals surface area contributed by atoms with Gasteiger partial charge in [-0.3, -0.25) is 4.79 Å². The summed E-state index contributed by atoms with van der Waals surface area (Å²) in [5.41, 5.74) is 2.61. The number of hydrogen-bond acceptors (Lipinski definition) is 2. The van der Waals surface area contributed by atoms with Gasteiger partial charge in [0.05, 0.1) is 0 Å². The van der Waals surface area contributed by atoms with Crippen LogP contribution >= 0.6 is 0 Å². The van der Waals surface area contributed by atoms with E-state index in [1.807, 2.05) is 26.8 Å². The Hall–Kier alpha value is -1.51. The van der Waals surface area contributed by atoms with Gasteiger partial charge in [0.1, 0.15) is 5.75 Å². The number of benzene rings is 1. The number of carboxylic acid groups (broad SMARTS) is 1. The monoisotopic (exact) mass is 278 g/mol. The highest BCUT2D eigenvalue weighted by atomic mass is 16.4. The summed E-state index contributed by atoms with van der Waals surface area (Å²) in [6, 6.07) is 3.77. The van der Waals surface area contributed by atoms with Crippen LogP contribution in [0.1, 0.15) is 64.7 Å². The van der Waals surface area contributed by atoms with Crippen LogP contribution in [0.25, 0.3) is 0 Å². The van der Waals surface area contributed by atoms with Crippen LogP contribution in [0.5, 0.6) is 5.75 Å². The van der Waals surface area contributed by atoms with Crippen molar-refractivity contribution in [3.63, 3.8) is 0 Å². The van der Waals surface area contributed by atoms with Crippen molar-refractivity contribution in [2.45, 2.75) is 65.2 Å². The maximum absolute atomic E-state index is 10.8. The van der Waals surface area contributed by atoms with E-state index in [1.165, 1.54) is 0 Å². The Morgan fingerprint density at radius 1 is 1.00 bits per heavy atom. The van der Waals surface area contributed by atoms with Crippen molar-refractivity contribution < 1.29 is 15.0 Å². The second-order valence-corrected chi connectivity index (χ2v) is 7.42. The Kier molecular flexibility index (Phi) is 4.52. The van der Waals surface area contributed by atoms with E-state index in [0.29, 0.717) is 12.2 Å². The molecule has 0 saturated carbocycles. The van der Waals surface area contributed by atoms with Crippen molar-refractivity contribution >= 4 is 5.97 Å². The molecule has 0 saturated heterocycles. The van der Waals surface area contributed by atoms with Crippen LogP contribution < -0.4 is 0 Å². The number of aliphatic carboxylic acids is 1. The Bertz CT molecular complexity index is 502. The molecular formula is C17H26O3. The van der Waals surface area contributed by atoms with Crippen LogP contribution in [-0.2, 0) is 22.0 Å². The Labute approximate surface area is 121 Å². The average molecular weight is 278 g/mol. The zero-order chi connectivity index (χ0) is 15.7. The van der Waals surface area contributed by atoms with Crippen LogP contribution in [0.4, 0.5) is 0 Å². The SMILES string of the molecule is CC(C)(C)c1cc(CCC(=O)O)c(C(C)(C)C)cc1O. The number of phenols is 1. The van der Waals surface area contributed by atoms with Gasteiger partial charge >= 0.3 is 5.97 Å². The van der Waals surface area contributed by atoms with Crippen LogP contribution in [0.2, 0.25) is 0 Å². The zero-order valence-corrected chi connectivity index (χ0v) is 13.4. The molecule has 2 N–H and O–H groups in total. The van der Waals surface area contributed by atoms with E-state index in [1.54, 1.807) is 6.07 Å². The molecule has 0 heterocycles. The molecule has 0 aliphatic heterocycles. The minimum absolute atomic E-state index is 0.109. The fourth-order valence-corrected chi connectivity index (χ4v) is 2.38. The molecule has 3 heteroatoms. The third-order valence-electron chi connectivity index (χ3n) is 3.45. The highest BCUT2D eigenvalue weighted by molar-refractivity contribution is 5.67. The molecule has 0 unspecified atom stereocenters. The molecule has 20 heavy (non-hydrogen) atoms. The van der Waals surface area contributed by atoms with Crippen molar-refractivity contribution in [2.24, 2.45) is 0 Å². The number of aromatic hydroxyl groups is 1. The quantitative estimate of drug-likeness (QED) is 0.878. The minimum atomic E-state index is -0.796. The van der Waals surface area contributed by atoms with Crippen molar-refractivity contribution in [2.75, 3.05) is 0 Å². The van der Waals surface area contributed by atoms with Crippen LogP contribution in [0.3, 0.4) is 0 Å². The maximum atomic E-state index is 10.8. The lowest BCUT2D eigenvalue weighted by Gasteiger charge is -2.28. The molecule has 0 aromatic heterocycles. The summed E-state index contributed by atoms with van der Waals surface area (Å²) < 4.78 is 0. The Morgan fingerprint density at radius 2 is 1.50 bits per heavy atom. The standard InChI is InChI=1S/C17H26O3/c1-16(2,3)12-10-14(18)13(17(4,5)6)9-11(12)7-8-15(19)20/h9-10,18H,7-8H2,1-6H3,(H,19,20). The number of phenolic OH excluding ortho intramolecular Hbond substituents is 1. The second kappa shape index (κ2) is 5.47. The van der Waals surface area contributed by atoms with E-state index in [9.17, 15) is 9.90 Å². The van der Waals surface area contributed by atoms with E-state index in [0.717, 1.165) is 16.7 Å². The van der Waals surface area contributed by atoms with Gasteiger partial charge in [-0.05, 0) is 40.0 Å². The molecule has 1 aromatic rings. The molecule has 0 spiro atoms. The van der Waals surface area contributed by atoms with Gasteiger partial charge in [0.25, 0.3) is 0 Å². The smallest absolute Gasteiger partial charge is 0.303 e. The first kappa shape index (κ1) is 16.5. The maximum Gasteiger partial charge on any atom is 0.303 e. The number of hydrogen-bond donors (Lipinski definition) is 2. The van der Waals surface area contributed by atoms with Gasteiger partial charge in [-0.25, -0.2) is 0 Å². The van der Waals surface area contributed by atoms with E-state index in [4.69, 9.17) is 5.11 Å². The van der Waals surface area contributed by atoms with E-state index in [2.05, 4.69) is 20.8 Å². The lowest BCUT2D eigenvalue weighted by molar-refractivity contribution is -0.136. The van der Waals surface area contributed by atoms with Crippen molar-refractivity contribution in [1.29, 1.82) is 0 Å². The van der Waals surface area contributed by atoms with Gasteiger partial charge in [-0.2, -0.15) is 0 Å². The van der Waals surface area contributed by atoms with E-state index < -0.39 is 5.97 Å². The molecule has 0 bridgehead atoms. The molecule has 1 rings (SSSR count). The first-order valence-electron chi connectivity index (χ1n) is 7.01. The summed E-state index contributed by atoms with van der Waals surface area (Å²) in [5, 5.41) is 19.2. The Morgan fingerprint density at radius 3 is 1.90 bits per heavy atom. The molecule has 0 radical (unpaired) electrons. The third kappa shape index (κ3) is 3.99. The lowest BCUT2D eigenvalue weighted by Crippen LogP contribution is -2.18. The molecule has 3 nitrogen and oxygen atoms in total. The minimum Gasteiger partial charge on any atom is -0.508 e. The van der Waals surface area contributed by atoms with Gasteiger partial charge in [-0.15, -0.1) is 0 Å². The van der Waals surface area contributed by atoms with Crippen molar-refractivity contribution in [1.82, 2.24) is 0 Å². The number of aryl methyl sites for hydroxylation is 1. The molecule has 0 aliphatic carbocycles. The lowest BCUT2D eigenvalue weighted by atomic mass is 9.78. The summed E-state index contributed by atoms with van der Waals surface area (Å²) in [7, 11) is 0. The predicted molar refractivity (Wildman–Crippen MR) is 81.5 cm³/mol. The number of carbonyl (C=O) groups is 1.